The van der Waals surface area contributed by atoms with Crippen LogP contribution in [0.25, 0.3) is 0 Å². The number of rotatable bonds is 2. The Morgan fingerprint density at radius 2 is 1.88 bits per heavy atom. The summed E-state index contributed by atoms with van der Waals surface area (Å²) in [4.78, 5) is 10.9. The van der Waals surface area contributed by atoms with Gasteiger partial charge in [0, 0.05) is 0 Å². The van der Waals surface area contributed by atoms with Crippen molar-refractivity contribution in [2.75, 3.05) is 6.61 Å². The van der Waals surface area contributed by atoms with E-state index in [0.717, 1.165) is 5.75 Å². The molecule has 0 spiro atoms. The first-order valence-corrected chi connectivity index (χ1v) is 5.58. The zero-order valence-electron chi connectivity index (χ0n) is 10.0. The monoisotopic (exact) mass is 222 g/mol. The fourth-order valence-corrected chi connectivity index (χ4v) is 1.48. The highest BCUT2D eigenvalue weighted by atomic mass is 16.6. The molecule has 1 atom stereocenters. The fraction of sp³-hybridized carbons (Fsp3) is 0.462. The number of benzene rings is 1. The first kappa shape index (κ1) is 12.6. The lowest BCUT2D eigenvalue weighted by atomic mass is 10.1. The molecule has 3 heteroatoms. The van der Waals surface area contributed by atoms with Gasteiger partial charge >= 0.3 is 5.97 Å². The van der Waals surface area contributed by atoms with Crippen molar-refractivity contribution < 1.29 is 14.3 Å². The quantitative estimate of drug-likeness (QED) is 0.722. The Morgan fingerprint density at radius 3 is 2.38 bits per heavy atom. The first-order chi connectivity index (χ1) is 7.68. The van der Waals surface area contributed by atoms with Gasteiger partial charge in [-0.25, -0.2) is 0 Å². The van der Waals surface area contributed by atoms with E-state index in [2.05, 4.69) is 0 Å². The van der Waals surface area contributed by atoms with Gasteiger partial charge in [-0.2, -0.15) is 0 Å². The molecule has 0 radical (unpaired) electrons. The largest absolute Gasteiger partial charge is 0.483 e. The van der Waals surface area contributed by atoms with E-state index in [-0.39, 0.29) is 5.97 Å². The van der Waals surface area contributed by atoms with Crippen LogP contribution >= 0.6 is 0 Å². The third-order valence-corrected chi connectivity index (χ3v) is 2.16. The fourth-order valence-electron chi connectivity index (χ4n) is 1.48. The summed E-state index contributed by atoms with van der Waals surface area (Å²) in [6.07, 6.45) is 0.321. The van der Waals surface area contributed by atoms with E-state index in [1.165, 1.54) is 0 Å². The van der Waals surface area contributed by atoms with Gasteiger partial charge < -0.3 is 9.47 Å². The first-order valence-electron chi connectivity index (χ1n) is 5.58. The van der Waals surface area contributed by atoms with Crippen LogP contribution < -0.4 is 4.74 Å². The molecule has 1 saturated heterocycles. The smallest absolute Gasteiger partial charge is 0.310 e. The predicted octanol–water partition coefficient (Wildman–Crippen LogP) is 2.80. The summed E-state index contributed by atoms with van der Waals surface area (Å²) in [5, 5.41) is 0. The molecule has 2 rings (SSSR count). The molecular weight excluding hydrogens is 204 g/mol. The number of ether oxygens (including phenoxy) is 2. The van der Waals surface area contributed by atoms with Crippen molar-refractivity contribution in [3.05, 3.63) is 30.3 Å². The van der Waals surface area contributed by atoms with Crippen molar-refractivity contribution >= 4 is 5.97 Å². The van der Waals surface area contributed by atoms with Crippen molar-refractivity contribution in [1.82, 2.24) is 0 Å². The summed E-state index contributed by atoms with van der Waals surface area (Å²) >= 11 is 0. The lowest BCUT2D eigenvalue weighted by Crippen LogP contribution is -2.32. The van der Waals surface area contributed by atoms with Crippen molar-refractivity contribution in [2.45, 2.75) is 32.8 Å². The minimum Gasteiger partial charge on any atom is -0.483 e. The maximum Gasteiger partial charge on any atom is 0.310 e. The Labute approximate surface area is 96.4 Å². The molecule has 1 aliphatic heterocycles. The highest BCUT2D eigenvalue weighted by Crippen LogP contribution is 2.26. The van der Waals surface area contributed by atoms with Gasteiger partial charge in [0.05, 0.1) is 6.42 Å². The molecule has 1 aromatic carbocycles. The van der Waals surface area contributed by atoms with Crippen LogP contribution in [0.5, 0.6) is 5.75 Å². The minimum absolute atomic E-state index is 0.191. The van der Waals surface area contributed by atoms with Crippen molar-refractivity contribution in [2.24, 2.45) is 0 Å². The Hall–Kier alpha value is -1.51. The zero-order valence-corrected chi connectivity index (χ0v) is 10.0. The molecule has 1 heterocycles. The van der Waals surface area contributed by atoms with Crippen LogP contribution in [0.15, 0.2) is 30.3 Å². The Bertz CT molecular complexity index is 334. The van der Waals surface area contributed by atoms with E-state index in [4.69, 9.17) is 9.47 Å². The summed E-state index contributed by atoms with van der Waals surface area (Å²) in [6.45, 7) is 6.21. The summed E-state index contributed by atoms with van der Waals surface area (Å²) < 4.78 is 10.6. The molecule has 88 valence electrons. The van der Waals surface area contributed by atoms with Crippen molar-refractivity contribution in [1.29, 1.82) is 0 Å². The minimum atomic E-state index is -0.502. The molecule has 3 nitrogen and oxygen atoms in total. The molecule has 1 fully saturated rings. The number of carbonyl (C=O) groups is 1. The second-order valence-electron chi connectivity index (χ2n) is 3.70. The van der Waals surface area contributed by atoms with Gasteiger partial charge in [-0.1, -0.05) is 32.0 Å². The molecule has 0 aliphatic carbocycles. The predicted molar refractivity (Wildman–Crippen MR) is 62.4 cm³/mol. The summed E-state index contributed by atoms with van der Waals surface area (Å²) in [6, 6.07) is 9.46. The lowest BCUT2D eigenvalue weighted by Gasteiger charge is -2.22. The molecule has 1 unspecified atom stereocenters. The molecule has 0 N–H and O–H groups in total. The summed E-state index contributed by atoms with van der Waals surface area (Å²) in [7, 11) is 0. The van der Waals surface area contributed by atoms with Gasteiger partial charge in [-0.05, 0) is 19.1 Å². The van der Waals surface area contributed by atoms with Crippen LogP contribution in [0.2, 0.25) is 0 Å². The van der Waals surface area contributed by atoms with Gasteiger partial charge in [0.2, 0.25) is 0 Å². The Morgan fingerprint density at radius 1 is 1.25 bits per heavy atom. The van der Waals surface area contributed by atoms with Gasteiger partial charge in [-0.15, -0.1) is 0 Å². The molecular formula is C13H18O3. The number of hydrogen-bond donors (Lipinski definition) is 0. The topological polar surface area (TPSA) is 35.5 Å². The van der Waals surface area contributed by atoms with Gasteiger partial charge in [0.1, 0.15) is 12.4 Å². The van der Waals surface area contributed by atoms with Gasteiger partial charge in [0.15, 0.2) is 5.60 Å². The van der Waals surface area contributed by atoms with E-state index >= 15 is 0 Å². The average Bonchev–Trinajstić information content (AvgIpc) is 2.62. The second kappa shape index (κ2) is 5.54. The van der Waals surface area contributed by atoms with Crippen LogP contribution in [-0.2, 0) is 9.53 Å². The second-order valence-corrected chi connectivity index (χ2v) is 3.70. The SMILES string of the molecule is CC.CC1(Oc2ccccc2)COC(=O)C1. The number of para-hydroxylation sites is 1. The Balaban J connectivity index is 0.000000606. The number of cyclic esters (lactones) is 1. The highest BCUT2D eigenvalue weighted by molar-refractivity contribution is 5.73. The maximum absolute atomic E-state index is 10.9. The Kier molecular flexibility index (Phi) is 4.35. The standard InChI is InChI=1S/C11H12O3.C2H6/c1-11(7-10(12)13-8-11)14-9-5-3-2-4-6-9;1-2/h2-6H,7-8H2,1H3;1-2H3. The maximum atomic E-state index is 10.9. The van der Waals surface area contributed by atoms with Crippen LogP contribution in [0.4, 0.5) is 0 Å². The molecule has 0 saturated carbocycles. The third kappa shape index (κ3) is 3.26. The van der Waals surface area contributed by atoms with E-state index in [1.54, 1.807) is 0 Å². The summed E-state index contributed by atoms with van der Waals surface area (Å²) in [5.41, 5.74) is -0.502. The highest BCUT2D eigenvalue weighted by Gasteiger charge is 2.38. The van der Waals surface area contributed by atoms with Crippen LogP contribution in [0.1, 0.15) is 27.2 Å². The van der Waals surface area contributed by atoms with E-state index in [0.29, 0.717) is 13.0 Å². The number of esters is 1. The number of carbonyl (C=O) groups excluding carboxylic acids is 1. The lowest BCUT2D eigenvalue weighted by molar-refractivity contribution is -0.137. The van der Waals surface area contributed by atoms with E-state index in [9.17, 15) is 4.79 Å². The molecule has 0 amide bonds. The average molecular weight is 222 g/mol. The normalized spacial score (nSPS) is 23.1. The van der Waals surface area contributed by atoms with Crippen LogP contribution in [0, 0.1) is 0 Å². The van der Waals surface area contributed by atoms with E-state index in [1.807, 2.05) is 51.1 Å². The zero-order chi connectivity index (χ0) is 12.0. The van der Waals surface area contributed by atoms with Crippen molar-refractivity contribution in [3.8, 4) is 5.75 Å². The summed E-state index contributed by atoms with van der Waals surface area (Å²) in [5.74, 6) is 0.580. The van der Waals surface area contributed by atoms with Gasteiger partial charge in [-0.3, -0.25) is 4.79 Å². The molecule has 1 aliphatic rings. The van der Waals surface area contributed by atoms with Crippen LogP contribution in [0.3, 0.4) is 0 Å². The number of hydrogen-bond acceptors (Lipinski definition) is 3. The van der Waals surface area contributed by atoms with E-state index < -0.39 is 5.60 Å². The van der Waals surface area contributed by atoms with Crippen molar-refractivity contribution in [3.63, 3.8) is 0 Å². The molecule has 0 bridgehead atoms. The molecule has 0 aromatic heterocycles. The van der Waals surface area contributed by atoms with Crippen LogP contribution in [-0.4, -0.2) is 18.2 Å². The van der Waals surface area contributed by atoms with Gasteiger partial charge in [0.25, 0.3) is 0 Å². The molecule has 1 aromatic rings. The molecule has 16 heavy (non-hydrogen) atoms. The third-order valence-electron chi connectivity index (χ3n) is 2.16.